The number of para-hydroxylation sites is 2. The fraction of sp³-hybridized carbons (Fsp3) is 0.300. The smallest absolute Gasteiger partial charge is 0.374 e. The van der Waals surface area contributed by atoms with Crippen LogP contribution in [0.1, 0.15) is 11.1 Å². The number of morpholine rings is 1. The maximum Gasteiger partial charge on any atom is 0.460 e. The van der Waals surface area contributed by atoms with Gasteiger partial charge >= 0.3 is 6.30 Å². The number of hydrogen-bond donors (Lipinski definition) is 0. The Hall–Kier alpha value is -2.31. The molecule has 0 radical (unpaired) electrons. The van der Waals surface area contributed by atoms with E-state index >= 15 is 0 Å². The molecule has 0 spiro atoms. The van der Waals surface area contributed by atoms with Crippen molar-refractivity contribution in [1.82, 2.24) is 4.90 Å². The van der Waals surface area contributed by atoms with Crippen LogP contribution in [0.25, 0.3) is 12.2 Å². The van der Waals surface area contributed by atoms with Gasteiger partial charge in [-0.25, -0.2) is 4.90 Å². The van der Waals surface area contributed by atoms with Gasteiger partial charge in [-0.3, -0.25) is 0 Å². The summed E-state index contributed by atoms with van der Waals surface area (Å²) in [5, 5.41) is 0. The number of benzene rings is 2. The summed E-state index contributed by atoms with van der Waals surface area (Å²) in [6, 6.07) is 15.8. The second kappa shape index (κ2) is 6.78. The summed E-state index contributed by atoms with van der Waals surface area (Å²) in [6.45, 7) is 0.175. The van der Waals surface area contributed by atoms with Gasteiger partial charge in [0.2, 0.25) is 0 Å². The summed E-state index contributed by atoms with van der Waals surface area (Å²) in [5.41, 5.74) is 4.02. The zero-order valence-electron chi connectivity index (χ0n) is 14.1. The monoisotopic (exact) mass is 360 g/mol. The predicted octanol–water partition coefficient (Wildman–Crippen LogP) is 4.53. The fourth-order valence-corrected chi connectivity index (χ4v) is 3.52. The number of halogens is 3. The van der Waals surface area contributed by atoms with E-state index in [0.29, 0.717) is 11.4 Å². The Morgan fingerprint density at radius 1 is 0.923 bits per heavy atom. The first kappa shape index (κ1) is 17.1. The first-order chi connectivity index (χ1) is 12.5. The molecule has 1 fully saturated rings. The minimum absolute atomic E-state index is 0.0829. The topological polar surface area (TPSA) is 15.7 Å². The van der Waals surface area contributed by atoms with Gasteiger partial charge in [-0.05, 0) is 23.3 Å². The average molecular weight is 360 g/mol. The second-order valence-electron chi connectivity index (χ2n) is 6.47. The van der Waals surface area contributed by atoms with Gasteiger partial charge in [0.05, 0.1) is 19.3 Å². The predicted molar refractivity (Wildman–Crippen MR) is 96.2 cm³/mol. The molecular formula is C20H19F3N2O. The number of anilines is 2. The molecule has 0 saturated carbocycles. The van der Waals surface area contributed by atoms with E-state index in [4.69, 9.17) is 4.74 Å². The maximum absolute atomic E-state index is 13.1. The Bertz CT molecular complexity index is 769. The fourth-order valence-electron chi connectivity index (χ4n) is 3.52. The molecule has 2 aliphatic rings. The van der Waals surface area contributed by atoms with E-state index in [0.717, 1.165) is 22.5 Å². The highest BCUT2D eigenvalue weighted by molar-refractivity contribution is 5.88. The molecule has 0 aliphatic carbocycles. The van der Waals surface area contributed by atoms with Gasteiger partial charge in [-0.1, -0.05) is 48.6 Å². The Labute approximate surface area is 150 Å². The van der Waals surface area contributed by atoms with Crippen LogP contribution < -0.4 is 4.90 Å². The molecule has 0 aromatic heterocycles. The number of alkyl halides is 3. The van der Waals surface area contributed by atoms with E-state index in [2.05, 4.69) is 4.90 Å². The summed E-state index contributed by atoms with van der Waals surface area (Å²) in [4.78, 5) is 2.60. The van der Waals surface area contributed by atoms with Gasteiger partial charge < -0.3 is 9.64 Å². The van der Waals surface area contributed by atoms with Crippen molar-refractivity contribution in [2.24, 2.45) is 0 Å². The molecule has 3 nitrogen and oxygen atoms in total. The second-order valence-corrected chi connectivity index (χ2v) is 6.47. The number of fused-ring (bicyclic) bond motifs is 2. The van der Waals surface area contributed by atoms with Gasteiger partial charge in [-0.15, -0.1) is 0 Å². The quantitative estimate of drug-likeness (QED) is 0.732. The van der Waals surface area contributed by atoms with Crippen molar-refractivity contribution in [1.29, 1.82) is 0 Å². The zero-order chi connectivity index (χ0) is 18.1. The van der Waals surface area contributed by atoms with Crippen LogP contribution in [0.2, 0.25) is 0 Å². The summed E-state index contributed by atoms with van der Waals surface area (Å²) in [7, 11) is 0. The Balaban J connectivity index is 1.66. The number of ether oxygens (including phenoxy) is 1. The summed E-state index contributed by atoms with van der Waals surface area (Å²) in [5.74, 6) is 0. The SMILES string of the molecule is FC(F)(F)N1CCOC(CN2c3ccccc3C=Cc3ccccc32)C1. The van der Waals surface area contributed by atoms with Crippen molar-refractivity contribution in [3.63, 3.8) is 0 Å². The van der Waals surface area contributed by atoms with E-state index in [9.17, 15) is 13.2 Å². The molecule has 2 aromatic carbocycles. The Kier molecular flexibility index (Phi) is 4.46. The van der Waals surface area contributed by atoms with E-state index in [-0.39, 0.29) is 19.7 Å². The molecule has 0 amide bonds. The lowest BCUT2D eigenvalue weighted by molar-refractivity contribution is -0.266. The molecule has 26 heavy (non-hydrogen) atoms. The van der Waals surface area contributed by atoms with Crippen LogP contribution in [0.4, 0.5) is 24.5 Å². The Morgan fingerprint density at radius 2 is 1.50 bits per heavy atom. The van der Waals surface area contributed by atoms with Crippen LogP contribution in [-0.4, -0.2) is 43.5 Å². The summed E-state index contributed by atoms with van der Waals surface area (Å²) < 4.78 is 44.9. The van der Waals surface area contributed by atoms with Gasteiger partial charge in [0, 0.05) is 24.5 Å². The largest absolute Gasteiger partial charge is 0.460 e. The molecule has 0 N–H and O–H groups in total. The lowest BCUT2D eigenvalue weighted by atomic mass is 10.1. The molecule has 0 bridgehead atoms. The number of nitrogens with zero attached hydrogens (tertiary/aromatic N) is 2. The third kappa shape index (κ3) is 3.34. The van der Waals surface area contributed by atoms with Gasteiger partial charge in [0.25, 0.3) is 0 Å². The van der Waals surface area contributed by atoms with E-state index in [1.54, 1.807) is 0 Å². The number of rotatable bonds is 2. The summed E-state index contributed by atoms with van der Waals surface area (Å²) in [6.07, 6.45) is -0.766. The lowest BCUT2D eigenvalue weighted by Gasteiger charge is -2.37. The van der Waals surface area contributed by atoms with Crippen molar-refractivity contribution in [3.8, 4) is 0 Å². The van der Waals surface area contributed by atoms with E-state index < -0.39 is 12.4 Å². The average Bonchev–Trinajstić information content (AvgIpc) is 2.79. The summed E-state index contributed by atoms with van der Waals surface area (Å²) >= 11 is 0. The molecule has 136 valence electrons. The molecule has 4 rings (SSSR count). The van der Waals surface area contributed by atoms with Gasteiger partial charge in [0.15, 0.2) is 0 Å². The molecule has 2 aliphatic heterocycles. The van der Waals surface area contributed by atoms with Crippen molar-refractivity contribution in [3.05, 3.63) is 59.7 Å². The highest BCUT2D eigenvalue weighted by Crippen LogP contribution is 2.36. The van der Waals surface area contributed by atoms with Crippen LogP contribution in [-0.2, 0) is 4.74 Å². The minimum Gasteiger partial charge on any atom is -0.374 e. The standard InChI is InChI=1S/C20H19F3N2O/c21-20(22,23)24-11-12-26-17(13-24)14-25-18-7-3-1-5-15(18)9-10-16-6-2-4-8-19(16)25/h1-10,17H,11-14H2. The lowest BCUT2D eigenvalue weighted by Crippen LogP contribution is -2.52. The van der Waals surface area contributed by atoms with Crippen LogP contribution >= 0.6 is 0 Å². The maximum atomic E-state index is 13.1. The van der Waals surface area contributed by atoms with Crippen LogP contribution in [0, 0.1) is 0 Å². The molecule has 6 heteroatoms. The molecule has 2 aromatic rings. The van der Waals surface area contributed by atoms with E-state index in [1.807, 2.05) is 60.7 Å². The molecule has 1 unspecified atom stereocenters. The van der Waals surface area contributed by atoms with Crippen molar-refractivity contribution < 1.29 is 17.9 Å². The van der Waals surface area contributed by atoms with Crippen molar-refractivity contribution >= 4 is 23.5 Å². The van der Waals surface area contributed by atoms with Crippen molar-refractivity contribution in [2.45, 2.75) is 12.4 Å². The van der Waals surface area contributed by atoms with Crippen LogP contribution in [0.5, 0.6) is 0 Å². The molecule has 1 atom stereocenters. The highest BCUT2D eigenvalue weighted by Gasteiger charge is 2.40. The van der Waals surface area contributed by atoms with Crippen molar-refractivity contribution in [2.75, 3.05) is 31.1 Å². The third-order valence-corrected chi connectivity index (χ3v) is 4.78. The molecule has 1 saturated heterocycles. The van der Waals surface area contributed by atoms with Gasteiger partial charge in [0.1, 0.15) is 0 Å². The van der Waals surface area contributed by atoms with Gasteiger partial charge in [-0.2, -0.15) is 13.2 Å². The first-order valence-corrected chi connectivity index (χ1v) is 8.59. The molecule has 2 heterocycles. The number of hydrogen-bond acceptors (Lipinski definition) is 3. The van der Waals surface area contributed by atoms with Crippen LogP contribution in [0.15, 0.2) is 48.5 Å². The highest BCUT2D eigenvalue weighted by atomic mass is 19.4. The Morgan fingerprint density at radius 3 is 2.08 bits per heavy atom. The molecular weight excluding hydrogens is 341 g/mol. The van der Waals surface area contributed by atoms with E-state index in [1.165, 1.54) is 0 Å². The third-order valence-electron chi connectivity index (χ3n) is 4.78. The zero-order valence-corrected chi connectivity index (χ0v) is 14.1. The minimum atomic E-state index is -4.32. The van der Waals surface area contributed by atoms with Crippen LogP contribution in [0.3, 0.4) is 0 Å². The normalized spacial score (nSPS) is 20.4. The first-order valence-electron chi connectivity index (χ1n) is 8.59.